The molecule has 0 amide bonds. The van der Waals surface area contributed by atoms with Crippen LogP contribution in [-0.4, -0.2) is 98.5 Å². The van der Waals surface area contributed by atoms with Crippen molar-refractivity contribution < 1.29 is 9.47 Å². The van der Waals surface area contributed by atoms with Crippen LogP contribution in [0.2, 0.25) is 0 Å². The first kappa shape index (κ1) is 36.7. The molecule has 3 N–H and O–H groups in total. The fraction of sp³-hybridized carbons (Fsp3) is 0.475. The van der Waals surface area contributed by atoms with Crippen LogP contribution >= 0.6 is 0 Å². The van der Waals surface area contributed by atoms with Crippen LogP contribution in [0.25, 0.3) is 22.1 Å². The minimum atomic E-state index is -0.0356. The average molecular weight is 722 g/mol. The van der Waals surface area contributed by atoms with E-state index in [0.717, 1.165) is 116 Å². The number of piperidine rings is 2. The normalized spacial score (nSPS) is 17.2. The lowest BCUT2D eigenvalue weighted by Gasteiger charge is -2.32. The maximum Gasteiger partial charge on any atom is 0.269 e. The predicted octanol–water partition coefficient (Wildman–Crippen LogP) is 3.25. The zero-order valence-corrected chi connectivity index (χ0v) is 30.9. The third-order valence-corrected chi connectivity index (χ3v) is 10.5. The van der Waals surface area contributed by atoms with Crippen LogP contribution in [0, 0.1) is 13.8 Å². The zero-order valence-electron chi connectivity index (χ0n) is 30.9. The van der Waals surface area contributed by atoms with Gasteiger partial charge in [-0.3, -0.25) is 9.59 Å². The van der Waals surface area contributed by atoms with Gasteiger partial charge >= 0.3 is 0 Å². The fourth-order valence-electron chi connectivity index (χ4n) is 7.34. The predicted molar refractivity (Wildman–Crippen MR) is 207 cm³/mol. The van der Waals surface area contributed by atoms with Crippen molar-refractivity contribution in [3.8, 4) is 11.6 Å². The SMILES string of the molecule is Cc1ccc2ncc(=O)n(CCN3CCC(N)CC3)c2c1.Cc1ccc2ncc(=O)n(CCN3CCC(NCc4ccc5c(n4)OCCO5)CC3)c2c1. The molecule has 13 heteroatoms. The monoisotopic (exact) mass is 721 g/mol. The third kappa shape index (κ3) is 9.28. The summed E-state index contributed by atoms with van der Waals surface area (Å²) < 4.78 is 14.8. The average Bonchev–Trinajstić information content (AvgIpc) is 3.17. The summed E-state index contributed by atoms with van der Waals surface area (Å²) in [7, 11) is 0. The molecule has 0 unspecified atom stereocenters. The molecule has 2 fully saturated rings. The van der Waals surface area contributed by atoms with Crippen molar-refractivity contribution in [2.24, 2.45) is 5.73 Å². The Balaban J connectivity index is 0.000000179. The number of rotatable bonds is 9. The molecule has 0 saturated carbocycles. The Kier molecular flexibility index (Phi) is 11.7. The molecule has 5 aromatic rings. The molecule has 0 atom stereocenters. The highest BCUT2D eigenvalue weighted by Crippen LogP contribution is 2.27. The molecule has 2 aromatic carbocycles. The Morgan fingerprint density at radius 3 is 1.85 bits per heavy atom. The van der Waals surface area contributed by atoms with E-state index in [1.54, 1.807) is 0 Å². The van der Waals surface area contributed by atoms with Crippen molar-refractivity contribution in [1.82, 2.24) is 39.2 Å². The summed E-state index contributed by atoms with van der Waals surface area (Å²) in [6.45, 7) is 13.2. The Hall–Kier alpha value is -4.69. The molecule has 0 aliphatic carbocycles. The number of nitrogens with two attached hydrogens (primary N) is 1. The number of aryl methyl sites for hydroxylation is 2. The van der Waals surface area contributed by atoms with Gasteiger partial charge in [-0.25, -0.2) is 15.0 Å². The summed E-state index contributed by atoms with van der Waals surface area (Å²) in [5.74, 6) is 1.32. The third-order valence-electron chi connectivity index (χ3n) is 10.5. The second-order valence-corrected chi connectivity index (χ2v) is 14.5. The molecule has 3 aromatic heterocycles. The van der Waals surface area contributed by atoms with E-state index in [2.05, 4.69) is 30.1 Å². The molecule has 2 saturated heterocycles. The number of nitrogens with one attached hydrogen (secondary N) is 1. The molecule has 0 radical (unpaired) electrons. The lowest BCUT2D eigenvalue weighted by Crippen LogP contribution is -2.43. The van der Waals surface area contributed by atoms with E-state index in [0.29, 0.717) is 44.3 Å². The van der Waals surface area contributed by atoms with Crippen LogP contribution in [0.3, 0.4) is 0 Å². The quantitative estimate of drug-likeness (QED) is 0.231. The number of hydrogen-bond acceptors (Lipinski definition) is 11. The number of aromatic nitrogens is 5. The topological polar surface area (TPSA) is 146 Å². The molecular weight excluding hydrogens is 670 g/mol. The van der Waals surface area contributed by atoms with Crippen LogP contribution in [0.5, 0.6) is 11.6 Å². The molecule has 280 valence electrons. The summed E-state index contributed by atoms with van der Waals surface area (Å²) in [6.07, 6.45) is 7.10. The van der Waals surface area contributed by atoms with Crippen molar-refractivity contribution in [1.29, 1.82) is 0 Å². The van der Waals surface area contributed by atoms with E-state index in [9.17, 15) is 9.59 Å². The lowest BCUT2D eigenvalue weighted by molar-refractivity contribution is 0.163. The molecular formula is C40H51N9O4. The minimum Gasteiger partial charge on any atom is -0.484 e. The number of nitrogens with zero attached hydrogens (tertiary/aromatic N) is 7. The highest BCUT2D eigenvalue weighted by molar-refractivity contribution is 5.76. The summed E-state index contributed by atoms with van der Waals surface area (Å²) in [5, 5.41) is 3.63. The number of ether oxygens (including phenoxy) is 2. The van der Waals surface area contributed by atoms with Crippen molar-refractivity contribution in [2.45, 2.75) is 71.2 Å². The van der Waals surface area contributed by atoms with Gasteiger partial charge < -0.3 is 39.5 Å². The van der Waals surface area contributed by atoms with Crippen molar-refractivity contribution in [2.75, 3.05) is 52.5 Å². The maximum absolute atomic E-state index is 12.4. The Labute approximate surface area is 309 Å². The zero-order chi connectivity index (χ0) is 36.7. The highest BCUT2D eigenvalue weighted by atomic mass is 16.6. The molecule has 3 aliphatic heterocycles. The Morgan fingerprint density at radius 2 is 1.26 bits per heavy atom. The molecule has 8 rings (SSSR count). The van der Waals surface area contributed by atoms with Crippen molar-refractivity contribution in [3.05, 3.63) is 98.5 Å². The molecule has 6 heterocycles. The van der Waals surface area contributed by atoms with Gasteiger partial charge in [-0.1, -0.05) is 12.1 Å². The van der Waals surface area contributed by atoms with Crippen LogP contribution in [0.4, 0.5) is 0 Å². The van der Waals surface area contributed by atoms with Gasteiger partial charge in [0, 0.05) is 44.8 Å². The smallest absolute Gasteiger partial charge is 0.269 e. The van der Waals surface area contributed by atoms with E-state index in [1.165, 1.54) is 12.4 Å². The second kappa shape index (κ2) is 17.0. The number of fused-ring (bicyclic) bond motifs is 3. The first-order valence-electron chi connectivity index (χ1n) is 18.9. The number of benzene rings is 2. The van der Waals surface area contributed by atoms with E-state index >= 15 is 0 Å². The summed E-state index contributed by atoms with van der Waals surface area (Å²) in [4.78, 5) is 42.4. The fourth-order valence-corrected chi connectivity index (χ4v) is 7.34. The van der Waals surface area contributed by atoms with E-state index < -0.39 is 0 Å². The van der Waals surface area contributed by atoms with Crippen molar-refractivity contribution in [3.63, 3.8) is 0 Å². The van der Waals surface area contributed by atoms with E-state index in [4.69, 9.17) is 15.2 Å². The van der Waals surface area contributed by atoms with Gasteiger partial charge in [-0.2, -0.15) is 0 Å². The number of pyridine rings is 1. The summed E-state index contributed by atoms with van der Waals surface area (Å²) >= 11 is 0. The summed E-state index contributed by atoms with van der Waals surface area (Å²) in [5.41, 5.74) is 12.7. The van der Waals surface area contributed by atoms with Gasteiger partial charge in [0.05, 0.1) is 40.2 Å². The van der Waals surface area contributed by atoms with Gasteiger partial charge in [0.15, 0.2) is 5.75 Å². The first-order chi connectivity index (χ1) is 25.8. The molecule has 0 spiro atoms. The van der Waals surface area contributed by atoms with Crippen LogP contribution in [-0.2, 0) is 19.6 Å². The lowest BCUT2D eigenvalue weighted by atomic mass is 10.0. The standard InChI is InChI=1S/C24H29N5O3.C16H22N4O/c1-17-2-4-20-21(14-17)29(23(30)16-26-20)11-10-28-8-6-18(7-9-28)25-15-19-3-5-22-24(27-19)32-13-12-31-22;1-12-2-3-14-15(10-12)20(16(21)11-18-14)9-8-19-6-4-13(17)5-7-19/h2-5,14,16,18,25H,6-13,15H2,1H3;2-3,10-11,13H,4-9,17H2,1H3. The van der Waals surface area contributed by atoms with E-state index in [-0.39, 0.29) is 11.1 Å². The first-order valence-corrected chi connectivity index (χ1v) is 18.9. The van der Waals surface area contributed by atoms with E-state index in [1.807, 2.05) is 71.5 Å². The van der Waals surface area contributed by atoms with Crippen molar-refractivity contribution >= 4 is 22.1 Å². The summed E-state index contributed by atoms with van der Waals surface area (Å²) in [6, 6.07) is 16.8. The van der Waals surface area contributed by atoms with Gasteiger partial charge in [0.25, 0.3) is 17.0 Å². The maximum atomic E-state index is 12.4. The largest absolute Gasteiger partial charge is 0.484 e. The second-order valence-electron chi connectivity index (χ2n) is 14.5. The van der Waals surface area contributed by atoms with Crippen LogP contribution in [0.1, 0.15) is 42.5 Å². The minimum absolute atomic E-state index is 0.0261. The molecule has 13 nitrogen and oxygen atoms in total. The Bertz CT molecular complexity index is 2140. The molecule has 0 bridgehead atoms. The highest BCUT2D eigenvalue weighted by Gasteiger charge is 2.20. The van der Waals surface area contributed by atoms with Gasteiger partial charge in [-0.15, -0.1) is 0 Å². The molecule has 53 heavy (non-hydrogen) atoms. The number of hydrogen-bond donors (Lipinski definition) is 2. The molecule has 3 aliphatic rings. The van der Waals surface area contributed by atoms with Crippen LogP contribution < -0.4 is 31.6 Å². The van der Waals surface area contributed by atoms with Gasteiger partial charge in [0.2, 0.25) is 0 Å². The van der Waals surface area contributed by atoms with Gasteiger partial charge in [0.1, 0.15) is 13.2 Å². The number of likely N-dealkylation sites (tertiary alicyclic amines) is 2. The van der Waals surface area contributed by atoms with Gasteiger partial charge in [-0.05, 0) is 113 Å². The van der Waals surface area contributed by atoms with Crippen LogP contribution in [0.15, 0.2) is 70.5 Å². The Morgan fingerprint density at radius 1 is 0.717 bits per heavy atom.